The third-order valence-electron chi connectivity index (χ3n) is 4.46. The molecule has 1 saturated heterocycles. The Bertz CT molecular complexity index is 651. The first-order chi connectivity index (χ1) is 11.6. The highest BCUT2D eigenvalue weighted by Gasteiger charge is 2.25. The van der Waals surface area contributed by atoms with E-state index in [-0.39, 0.29) is 6.10 Å². The Morgan fingerprint density at radius 1 is 1.29 bits per heavy atom. The molecular formula is C18H26N4O2. The fraction of sp³-hybridized carbons (Fsp3) is 0.556. The molecule has 0 aliphatic carbocycles. The zero-order valence-electron chi connectivity index (χ0n) is 14.7. The molecule has 3 rings (SSSR count). The summed E-state index contributed by atoms with van der Waals surface area (Å²) >= 11 is 0. The number of hydrogen-bond acceptors (Lipinski definition) is 5. The molecular weight excluding hydrogens is 304 g/mol. The molecule has 0 radical (unpaired) electrons. The van der Waals surface area contributed by atoms with Crippen LogP contribution in [-0.4, -0.2) is 52.5 Å². The van der Waals surface area contributed by atoms with Gasteiger partial charge in [-0.1, -0.05) is 18.2 Å². The van der Waals surface area contributed by atoms with Crippen molar-refractivity contribution in [1.82, 2.24) is 19.7 Å². The number of para-hydroxylation sites is 1. The van der Waals surface area contributed by atoms with Crippen LogP contribution in [-0.2, 0) is 11.8 Å². The van der Waals surface area contributed by atoms with Gasteiger partial charge in [0, 0.05) is 26.7 Å². The minimum absolute atomic E-state index is 0.00535. The Hall–Kier alpha value is -1.92. The predicted octanol–water partition coefficient (Wildman–Crippen LogP) is 2.27. The van der Waals surface area contributed by atoms with Crippen LogP contribution in [0.3, 0.4) is 0 Å². The van der Waals surface area contributed by atoms with Gasteiger partial charge in [0.2, 0.25) is 0 Å². The lowest BCUT2D eigenvalue weighted by Gasteiger charge is -2.32. The fourth-order valence-corrected chi connectivity index (χ4v) is 3.13. The summed E-state index contributed by atoms with van der Waals surface area (Å²) in [7, 11) is 1.95. The first kappa shape index (κ1) is 16.9. The van der Waals surface area contributed by atoms with Crippen LogP contribution in [0.1, 0.15) is 29.5 Å². The van der Waals surface area contributed by atoms with Crippen LogP contribution in [0.15, 0.2) is 24.5 Å². The van der Waals surface area contributed by atoms with Crippen LogP contribution in [0.5, 0.6) is 5.75 Å². The molecule has 0 unspecified atom stereocenters. The van der Waals surface area contributed by atoms with Gasteiger partial charge in [0.25, 0.3) is 0 Å². The van der Waals surface area contributed by atoms with Gasteiger partial charge in [-0.05, 0) is 31.4 Å². The molecule has 6 heteroatoms. The van der Waals surface area contributed by atoms with Gasteiger partial charge >= 0.3 is 0 Å². The molecule has 1 aromatic carbocycles. The average molecular weight is 330 g/mol. The lowest BCUT2D eigenvalue weighted by Crippen LogP contribution is -2.40. The third-order valence-corrected chi connectivity index (χ3v) is 4.46. The standard InChI is InChI=1S/C18H26N4O2/c1-14-6-4-7-15(2)17(14)24-10-5-8-22-9-11-23-16(12-22)18-20-19-13-21(18)3/h4,6-7,13,16H,5,8-12H2,1-3H3/t16-/m1/s1. The molecule has 24 heavy (non-hydrogen) atoms. The highest BCUT2D eigenvalue weighted by Crippen LogP contribution is 2.23. The number of nitrogens with zero attached hydrogens (tertiary/aromatic N) is 4. The van der Waals surface area contributed by atoms with E-state index in [9.17, 15) is 0 Å². The van der Waals surface area contributed by atoms with Crippen LogP contribution < -0.4 is 4.74 Å². The maximum absolute atomic E-state index is 5.99. The molecule has 0 N–H and O–H groups in total. The zero-order valence-corrected chi connectivity index (χ0v) is 14.7. The largest absolute Gasteiger partial charge is 0.493 e. The number of rotatable bonds is 6. The fourth-order valence-electron chi connectivity index (χ4n) is 3.13. The smallest absolute Gasteiger partial charge is 0.163 e. The summed E-state index contributed by atoms with van der Waals surface area (Å²) in [5.41, 5.74) is 2.40. The van der Waals surface area contributed by atoms with Gasteiger partial charge in [0.15, 0.2) is 5.82 Å². The van der Waals surface area contributed by atoms with E-state index in [1.54, 1.807) is 6.33 Å². The highest BCUT2D eigenvalue weighted by atomic mass is 16.5. The Morgan fingerprint density at radius 3 is 2.79 bits per heavy atom. The number of benzene rings is 1. The third kappa shape index (κ3) is 3.94. The molecule has 0 saturated carbocycles. The van der Waals surface area contributed by atoms with Crippen molar-refractivity contribution >= 4 is 0 Å². The van der Waals surface area contributed by atoms with Gasteiger partial charge in [0.05, 0.1) is 13.2 Å². The van der Waals surface area contributed by atoms with Gasteiger partial charge in [0.1, 0.15) is 18.2 Å². The Kier molecular flexibility index (Phi) is 5.48. The minimum atomic E-state index is 0.00535. The summed E-state index contributed by atoms with van der Waals surface area (Å²) in [5, 5.41) is 8.11. The van der Waals surface area contributed by atoms with E-state index in [1.165, 1.54) is 11.1 Å². The molecule has 130 valence electrons. The van der Waals surface area contributed by atoms with E-state index >= 15 is 0 Å². The molecule has 1 fully saturated rings. The minimum Gasteiger partial charge on any atom is -0.493 e. The zero-order chi connectivity index (χ0) is 16.9. The maximum Gasteiger partial charge on any atom is 0.163 e. The van der Waals surface area contributed by atoms with E-state index in [0.717, 1.165) is 50.8 Å². The summed E-state index contributed by atoms with van der Waals surface area (Å²) in [4.78, 5) is 2.41. The second-order valence-corrected chi connectivity index (χ2v) is 6.38. The van der Waals surface area contributed by atoms with Crippen molar-refractivity contribution in [2.45, 2.75) is 26.4 Å². The summed E-state index contributed by atoms with van der Waals surface area (Å²) < 4.78 is 13.8. The van der Waals surface area contributed by atoms with Gasteiger partial charge in [-0.15, -0.1) is 10.2 Å². The first-order valence-electron chi connectivity index (χ1n) is 8.52. The molecule has 2 aromatic rings. The van der Waals surface area contributed by atoms with Crippen molar-refractivity contribution in [2.24, 2.45) is 7.05 Å². The molecule has 2 heterocycles. The summed E-state index contributed by atoms with van der Waals surface area (Å²) in [6.45, 7) is 8.47. The van der Waals surface area contributed by atoms with Crippen molar-refractivity contribution < 1.29 is 9.47 Å². The molecule has 1 aliphatic heterocycles. The number of ether oxygens (including phenoxy) is 2. The summed E-state index contributed by atoms with van der Waals surface area (Å²) in [6, 6.07) is 6.25. The SMILES string of the molecule is Cc1cccc(C)c1OCCCN1CCO[C@@H](c2nncn2C)C1. The summed E-state index contributed by atoms with van der Waals surface area (Å²) in [5.74, 6) is 1.92. The van der Waals surface area contributed by atoms with Crippen molar-refractivity contribution in [3.8, 4) is 5.75 Å². The maximum atomic E-state index is 5.99. The van der Waals surface area contributed by atoms with Gasteiger partial charge in [-0.2, -0.15) is 0 Å². The quantitative estimate of drug-likeness (QED) is 0.761. The van der Waals surface area contributed by atoms with Crippen molar-refractivity contribution in [1.29, 1.82) is 0 Å². The second kappa shape index (κ2) is 7.77. The number of aromatic nitrogens is 3. The van der Waals surface area contributed by atoms with Gasteiger partial charge < -0.3 is 14.0 Å². The summed E-state index contributed by atoms with van der Waals surface area (Å²) in [6.07, 6.45) is 2.72. The Morgan fingerprint density at radius 2 is 2.08 bits per heavy atom. The topological polar surface area (TPSA) is 52.4 Å². The normalized spacial score (nSPS) is 18.7. The van der Waals surface area contributed by atoms with E-state index < -0.39 is 0 Å². The van der Waals surface area contributed by atoms with Crippen LogP contribution in [0.25, 0.3) is 0 Å². The number of hydrogen-bond donors (Lipinski definition) is 0. The molecule has 1 aliphatic rings. The molecule has 1 atom stereocenters. The van der Waals surface area contributed by atoms with E-state index in [4.69, 9.17) is 9.47 Å². The first-order valence-corrected chi connectivity index (χ1v) is 8.52. The van der Waals surface area contributed by atoms with Crippen molar-refractivity contribution in [3.63, 3.8) is 0 Å². The second-order valence-electron chi connectivity index (χ2n) is 6.38. The Balaban J connectivity index is 1.46. The number of morpholine rings is 1. The highest BCUT2D eigenvalue weighted by molar-refractivity contribution is 5.39. The van der Waals surface area contributed by atoms with Crippen LogP contribution in [0.4, 0.5) is 0 Å². The van der Waals surface area contributed by atoms with E-state index in [0.29, 0.717) is 0 Å². The Labute approximate surface area is 143 Å². The van der Waals surface area contributed by atoms with Crippen LogP contribution >= 0.6 is 0 Å². The van der Waals surface area contributed by atoms with Gasteiger partial charge in [-0.25, -0.2) is 0 Å². The number of aryl methyl sites for hydroxylation is 3. The van der Waals surface area contributed by atoms with Gasteiger partial charge in [-0.3, -0.25) is 4.90 Å². The average Bonchev–Trinajstić information content (AvgIpc) is 3.00. The molecule has 6 nitrogen and oxygen atoms in total. The monoisotopic (exact) mass is 330 g/mol. The van der Waals surface area contributed by atoms with Crippen LogP contribution in [0.2, 0.25) is 0 Å². The lowest BCUT2D eigenvalue weighted by atomic mass is 10.1. The molecule has 0 spiro atoms. The molecule has 1 aromatic heterocycles. The van der Waals surface area contributed by atoms with E-state index in [1.807, 2.05) is 11.6 Å². The molecule has 0 bridgehead atoms. The lowest BCUT2D eigenvalue weighted by molar-refractivity contribution is -0.0366. The van der Waals surface area contributed by atoms with E-state index in [2.05, 4.69) is 47.1 Å². The predicted molar refractivity (Wildman–Crippen MR) is 92.2 cm³/mol. The van der Waals surface area contributed by atoms with Crippen LogP contribution in [0, 0.1) is 13.8 Å². The van der Waals surface area contributed by atoms with Crippen molar-refractivity contribution in [2.75, 3.05) is 32.8 Å². The molecule has 0 amide bonds. The van der Waals surface area contributed by atoms with Crippen molar-refractivity contribution in [3.05, 3.63) is 41.5 Å².